The molecule has 0 atom stereocenters. The number of halogens is 1. The van der Waals surface area contributed by atoms with Gasteiger partial charge in [-0.05, 0) is 29.5 Å². The summed E-state index contributed by atoms with van der Waals surface area (Å²) in [6.07, 6.45) is 0.693. The van der Waals surface area contributed by atoms with Gasteiger partial charge in [0.05, 0.1) is 0 Å². The summed E-state index contributed by atoms with van der Waals surface area (Å²) < 4.78 is 6.32. The summed E-state index contributed by atoms with van der Waals surface area (Å²) in [6.45, 7) is 4.28. The van der Waals surface area contributed by atoms with E-state index in [0.29, 0.717) is 12.2 Å². The van der Waals surface area contributed by atoms with Crippen LogP contribution in [-0.4, -0.2) is 11.1 Å². The van der Waals surface area contributed by atoms with Crippen LogP contribution in [0.1, 0.15) is 35.5 Å². The van der Waals surface area contributed by atoms with Crippen LogP contribution in [0.2, 0.25) is 0 Å². The third-order valence-corrected chi connectivity index (χ3v) is 4.09. The minimum absolute atomic E-state index is 0.0845. The van der Waals surface area contributed by atoms with Crippen molar-refractivity contribution in [2.45, 2.75) is 25.7 Å². The third kappa shape index (κ3) is 1.80. The van der Waals surface area contributed by atoms with Gasteiger partial charge in [0.2, 0.25) is 0 Å². The number of aromatic nitrogens is 1. The SMILES string of the molecule is CC1(C)Cc2c(C(N)=O)noc2-c2cc(Br)ccc21. The molecule has 1 aromatic carbocycles. The summed E-state index contributed by atoms with van der Waals surface area (Å²) in [4.78, 5) is 11.4. The quantitative estimate of drug-likeness (QED) is 0.878. The molecule has 1 heterocycles. The first kappa shape index (κ1) is 12.4. The number of carbonyl (C=O) groups excluding carboxylic acids is 1. The predicted octanol–water partition coefficient (Wildman–Crippen LogP) is 3.04. The Bertz CT molecular complexity index is 689. The van der Waals surface area contributed by atoms with Crippen LogP contribution >= 0.6 is 15.9 Å². The van der Waals surface area contributed by atoms with Crippen molar-refractivity contribution in [2.75, 3.05) is 0 Å². The molecule has 4 nitrogen and oxygen atoms in total. The molecule has 1 amide bonds. The number of hydrogen-bond donors (Lipinski definition) is 1. The van der Waals surface area contributed by atoms with Crippen molar-refractivity contribution in [3.05, 3.63) is 39.5 Å². The maximum atomic E-state index is 11.4. The highest BCUT2D eigenvalue weighted by Gasteiger charge is 2.36. The molecule has 0 saturated carbocycles. The number of rotatable bonds is 1. The van der Waals surface area contributed by atoms with Gasteiger partial charge in [0, 0.05) is 15.6 Å². The van der Waals surface area contributed by atoms with Crippen LogP contribution in [0.3, 0.4) is 0 Å². The van der Waals surface area contributed by atoms with Crippen molar-refractivity contribution in [2.24, 2.45) is 5.73 Å². The first-order chi connectivity index (χ1) is 8.90. The van der Waals surface area contributed by atoms with Crippen LogP contribution in [0.15, 0.2) is 27.2 Å². The number of carbonyl (C=O) groups is 1. The molecule has 1 aliphatic carbocycles. The van der Waals surface area contributed by atoms with E-state index in [1.165, 1.54) is 5.56 Å². The Labute approximate surface area is 119 Å². The number of hydrogen-bond acceptors (Lipinski definition) is 3. The molecule has 0 saturated heterocycles. The summed E-state index contributed by atoms with van der Waals surface area (Å²) in [6, 6.07) is 6.08. The number of fused-ring (bicyclic) bond motifs is 3. The minimum atomic E-state index is -0.542. The average Bonchev–Trinajstić information content (AvgIpc) is 2.71. The Kier molecular flexibility index (Phi) is 2.57. The summed E-state index contributed by atoms with van der Waals surface area (Å²) in [5.74, 6) is 0.115. The highest BCUT2D eigenvalue weighted by atomic mass is 79.9. The Morgan fingerprint density at radius 3 is 2.89 bits per heavy atom. The Hall–Kier alpha value is -1.62. The second-order valence-corrected chi connectivity index (χ2v) is 6.37. The van der Waals surface area contributed by atoms with Gasteiger partial charge >= 0.3 is 0 Å². The van der Waals surface area contributed by atoms with Crippen LogP contribution in [-0.2, 0) is 11.8 Å². The van der Waals surface area contributed by atoms with Crippen molar-refractivity contribution in [3.63, 3.8) is 0 Å². The van der Waals surface area contributed by atoms with E-state index in [2.05, 4.69) is 41.0 Å². The molecule has 98 valence electrons. The molecule has 0 bridgehead atoms. The fourth-order valence-corrected chi connectivity index (χ4v) is 3.07. The van der Waals surface area contributed by atoms with Gasteiger partial charge in [0.15, 0.2) is 11.5 Å². The van der Waals surface area contributed by atoms with Crippen molar-refractivity contribution in [1.82, 2.24) is 5.16 Å². The fraction of sp³-hybridized carbons (Fsp3) is 0.286. The third-order valence-electron chi connectivity index (χ3n) is 3.60. The molecular formula is C14H13BrN2O2. The number of nitrogens with zero attached hydrogens (tertiary/aromatic N) is 1. The molecule has 3 rings (SSSR count). The lowest BCUT2D eigenvalue weighted by Gasteiger charge is -2.31. The summed E-state index contributed by atoms with van der Waals surface area (Å²) >= 11 is 3.46. The van der Waals surface area contributed by atoms with Crippen LogP contribution < -0.4 is 5.73 Å². The lowest BCUT2D eigenvalue weighted by molar-refractivity contribution is 0.0991. The first-order valence-corrected chi connectivity index (χ1v) is 6.78. The van der Waals surface area contributed by atoms with E-state index in [-0.39, 0.29) is 11.1 Å². The van der Waals surface area contributed by atoms with E-state index < -0.39 is 5.91 Å². The van der Waals surface area contributed by atoms with Crippen molar-refractivity contribution < 1.29 is 9.32 Å². The van der Waals surface area contributed by atoms with E-state index in [4.69, 9.17) is 10.3 Å². The smallest absolute Gasteiger partial charge is 0.271 e. The number of amides is 1. The molecule has 1 aliphatic rings. The van der Waals surface area contributed by atoms with Crippen LogP contribution in [0.25, 0.3) is 11.3 Å². The average molecular weight is 321 g/mol. The zero-order valence-corrected chi connectivity index (χ0v) is 12.2. The van der Waals surface area contributed by atoms with Gasteiger partial charge in [-0.15, -0.1) is 0 Å². The zero-order chi connectivity index (χ0) is 13.8. The van der Waals surface area contributed by atoms with Gasteiger partial charge in [-0.1, -0.05) is 41.0 Å². The normalized spacial score (nSPS) is 15.7. The van der Waals surface area contributed by atoms with Gasteiger partial charge in [0.25, 0.3) is 5.91 Å². The predicted molar refractivity (Wildman–Crippen MR) is 74.9 cm³/mol. The Balaban J connectivity index is 2.32. The van der Waals surface area contributed by atoms with Crippen LogP contribution in [0, 0.1) is 0 Å². The molecular weight excluding hydrogens is 308 g/mol. The van der Waals surface area contributed by atoms with E-state index >= 15 is 0 Å². The van der Waals surface area contributed by atoms with E-state index in [9.17, 15) is 4.79 Å². The van der Waals surface area contributed by atoms with Crippen molar-refractivity contribution >= 4 is 21.8 Å². The molecule has 1 aromatic heterocycles. The number of primary amides is 1. The van der Waals surface area contributed by atoms with Gasteiger partial charge < -0.3 is 10.3 Å². The molecule has 5 heteroatoms. The Morgan fingerprint density at radius 1 is 1.47 bits per heavy atom. The largest absolute Gasteiger partial charge is 0.364 e. The molecule has 0 radical (unpaired) electrons. The van der Waals surface area contributed by atoms with E-state index in [0.717, 1.165) is 15.6 Å². The molecule has 19 heavy (non-hydrogen) atoms. The molecule has 2 N–H and O–H groups in total. The van der Waals surface area contributed by atoms with Crippen molar-refractivity contribution in [3.8, 4) is 11.3 Å². The highest BCUT2D eigenvalue weighted by Crippen LogP contribution is 2.44. The second kappa shape index (κ2) is 3.93. The topological polar surface area (TPSA) is 69.1 Å². The standard InChI is InChI=1S/C14H13BrN2O2/c1-14(2)6-9-11(13(16)18)17-19-12(9)8-5-7(15)3-4-10(8)14/h3-5H,6H2,1-2H3,(H2,16,18). The molecule has 0 unspecified atom stereocenters. The lowest BCUT2D eigenvalue weighted by Crippen LogP contribution is -2.27. The molecule has 0 spiro atoms. The fourth-order valence-electron chi connectivity index (χ4n) is 2.71. The maximum Gasteiger partial charge on any atom is 0.271 e. The van der Waals surface area contributed by atoms with Gasteiger partial charge in [-0.3, -0.25) is 4.79 Å². The number of benzene rings is 1. The van der Waals surface area contributed by atoms with Gasteiger partial charge in [-0.2, -0.15) is 0 Å². The maximum absolute atomic E-state index is 11.4. The second-order valence-electron chi connectivity index (χ2n) is 5.45. The summed E-state index contributed by atoms with van der Waals surface area (Å²) in [5.41, 5.74) is 8.48. The zero-order valence-electron chi connectivity index (χ0n) is 10.7. The minimum Gasteiger partial charge on any atom is -0.364 e. The highest BCUT2D eigenvalue weighted by molar-refractivity contribution is 9.10. The number of nitrogens with two attached hydrogens (primary N) is 1. The monoisotopic (exact) mass is 320 g/mol. The lowest BCUT2D eigenvalue weighted by atomic mass is 9.72. The first-order valence-electron chi connectivity index (χ1n) is 5.99. The van der Waals surface area contributed by atoms with Gasteiger partial charge in [-0.25, -0.2) is 0 Å². The van der Waals surface area contributed by atoms with Crippen molar-refractivity contribution in [1.29, 1.82) is 0 Å². The van der Waals surface area contributed by atoms with E-state index in [1.807, 2.05) is 12.1 Å². The molecule has 2 aromatic rings. The van der Waals surface area contributed by atoms with Gasteiger partial charge in [0.1, 0.15) is 0 Å². The molecule has 0 aliphatic heterocycles. The van der Waals surface area contributed by atoms with E-state index in [1.54, 1.807) is 0 Å². The van der Waals surface area contributed by atoms with Crippen LogP contribution in [0.4, 0.5) is 0 Å². The summed E-state index contributed by atoms with van der Waals surface area (Å²) in [7, 11) is 0. The summed E-state index contributed by atoms with van der Waals surface area (Å²) in [5, 5.41) is 3.83. The van der Waals surface area contributed by atoms with Crippen LogP contribution in [0.5, 0.6) is 0 Å². The molecule has 0 fully saturated rings. The Morgan fingerprint density at radius 2 is 2.21 bits per heavy atom.